The topological polar surface area (TPSA) is 58.6 Å². The number of likely N-dealkylation sites (N-methyl/N-ethyl adjacent to an activating group) is 1. The molecule has 0 saturated heterocycles. The van der Waals surface area contributed by atoms with Gasteiger partial charge >= 0.3 is 0 Å². The van der Waals surface area contributed by atoms with Gasteiger partial charge in [-0.05, 0) is 42.5 Å². The van der Waals surface area contributed by atoms with Gasteiger partial charge in [0, 0.05) is 18.1 Å². The van der Waals surface area contributed by atoms with Gasteiger partial charge in [0.1, 0.15) is 5.75 Å². The molecule has 0 fully saturated rings. The van der Waals surface area contributed by atoms with E-state index in [-0.39, 0.29) is 25.0 Å². The van der Waals surface area contributed by atoms with Crippen molar-refractivity contribution in [2.24, 2.45) is 0 Å². The summed E-state index contributed by atoms with van der Waals surface area (Å²) in [7, 11) is 1.59. The zero-order chi connectivity index (χ0) is 20.1. The van der Waals surface area contributed by atoms with Gasteiger partial charge in [-0.2, -0.15) is 0 Å². The van der Waals surface area contributed by atoms with E-state index in [9.17, 15) is 9.59 Å². The maximum Gasteiger partial charge on any atom is 0.260 e. The maximum atomic E-state index is 12.4. The van der Waals surface area contributed by atoms with Crippen LogP contribution in [0.15, 0.2) is 60.7 Å². The number of rotatable bonds is 6. The molecule has 28 heavy (non-hydrogen) atoms. The van der Waals surface area contributed by atoms with Crippen LogP contribution in [-0.2, 0) is 9.59 Å². The molecule has 0 bridgehead atoms. The van der Waals surface area contributed by atoms with Crippen LogP contribution >= 0.6 is 0 Å². The first kappa shape index (κ1) is 19.4. The third-order valence-electron chi connectivity index (χ3n) is 4.57. The second kappa shape index (κ2) is 8.57. The van der Waals surface area contributed by atoms with Crippen molar-refractivity contribution in [3.05, 3.63) is 71.8 Å². The van der Waals surface area contributed by atoms with Gasteiger partial charge in [-0.25, -0.2) is 0 Å². The molecule has 2 amide bonds. The fourth-order valence-electron chi connectivity index (χ4n) is 2.94. The molecule has 0 aromatic heterocycles. The highest BCUT2D eigenvalue weighted by Gasteiger charge is 2.15. The molecule has 0 aliphatic heterocycles. The van der Waals surface area contributed by atoms with E-state index in [1.165, 1.54) is 4.90 Å². The minimum absolute atomic E-state index is 0.0434. The van der Waals surface area contributed by atoms with Gasteiger partial charge in [0.05, 0.1) is 6.54 Å². The highest BCUT2D eigenvalue weighted by Crippen LogP contribution is 2.23. The van der Waals surface area contributed by atoms with Gasteiger partial charge in [-0.15, -0.1) is 0 Å². The molecule has 3 aromatic rings. The van der Waals surface area contributed by atoms with Crippen molar-refractivity contribution < 1.29 is 14.3 Å². The largest absolute Gasteiger partial charge is 0.483 e. The summed E-state index contributed by atoms with van der Waals surface area (Å²) in [6.45, 7) is 3.75. The second-order valence-corrected chi connectivity index (χ2v) is 6.88. The Balaban J connectivity index is 1.57. The number of nitrogens with one attached hydrogen (secondary N) is 1. The Morgan fingerprint density at radius 3 is 2.57 bits per heavy atom. The summed E-state index contributed by atoms with van der Waals surface area (Å²) in [5, 5.41) is 4.90. The van der Waals surface area contributed by atoms with Crippen molar-refractivity contribution in [3.63, 3.8) is 0 Å². The van der Waals surface area contributed by atoms with Crippen LogP contribution in [0, 0.1) is 13.8 Å². The summed E-state index contributed by atoms with van der Waals surface area (Å²) in [4.78, 5) is 26.1. The number of hydrogen-bond donors (Lipinski definition) is 1. The molecule has 0 unspecified atom stereocenters. The van der Waals surface area contributed by atoms with Crippen molar-refractivity contribution in [2.45, 2.75) is 13.8 Å². The Morgan fingerprint density at radius 2 is 1.75 bits per heavy atom. The van der Waals surface area contributed by atoms with Gasteiger partial charge < -0.3 is 15.0 Å². The van der Waals surface area contributed by atoms with E-state index in [0.717, 1.165) is 27.6 Å². The van der Waals surface area contributed by atoms with Crippen LogP contribution in [0.4, 0.5) is 5.69 Å². The number of carbonyl (C=O) groups excluding carboxylic acids is 2. The third kappa shape index (κ3) is 4.68. The molecule has 5 nitrogen and oxygen atoms in total. The molecule has 144 valence electrons. The van der Waals surface area contributed by atoms with E-state index in [2.05, 4.69) is 5.32 Å². The highest BCUT2D eigenvalue weighted by atomic mass is 16.5. The number of carbonyl (C=O) groups is 2. The Hall–Kier alpha value is -3.34. The lowest BCUT2D eigenvalue weighted by Gasteiger charge is -2.18. The van der Waals surface area contributed by atoms with Gasteiger partial charge in [-0.1, -0.05) is 48.5 Å². The number of ether oxygens (including phenoxy) is 1. The number of amides is 2. The molecule has 0 saturated carbocycles. The predicted octanol–water partition coefficient (Wildman–Crippen LogP) is 3.93. The average molecular weight is 376 g/mol. The van der Waals surface area contributed by atoms with Gasteiger partial charge in [0.15, 0.2) is 6.61 Å². The Kier molecular flexibility index (Phi) is 5.94. The van der Waals surface area contributed by atoms with Gasteiger partial charge in [0.25, 0.3) is 5.91 Å². The summed E-state index contributed by atoms with van der Waals surface area (Å²) in [6.07, 6.45) is 0. The minimum Gasteiger partial charge on any atom is -0.483 e. The summed E-state index contributed by atoms with van der Waals surface area (Å²) in [5.41, 5.74) is 2.77. The molecular formula is C23H24N2O3. The van der Waals surface area contributed by atoms with Crippen molar-refractivity contribution in [3.8, 4) is 5.75 Å². The van der Waals surface area contributed by atoms with Crippen LogP contribution in [0.2, 0.25) is 0 Å². The highest BCUT2D eigenvalue weighted by molar-refractivity contribution is 6.03. The van der Waals surface area contributed by atoms with Crippen LogP contribution in [0.5, 0.6) is 5.75 Å². The Labute approximate surface area is 164 Å². The normalized spacial score (nSPS) is 10.5. The number of aryl methyl sites for hydroxylation is 2. The number of benzene rings is 3. The van der Waals surface area contributed by atoms with Crippen LogP contribution in [0.3, 0.4) is 0 Å². The fourth-order valence-corrected chi connectivity index (χ4v) is 2.94. The summed E-state index contributed by atoms with van der Waals surface area (Å²) in [6, 6.07) is 19.4. The van der Waals surface area contributed by atoms with Crippen LogP contribution < -0.4 is 10.1 Å². The standard InChI is InChI=1S/C23H24N2O3/c1-16-11-12-17(2)21(13-16)28-15-23(27)25(3)14-22(26)24-20-10-6-8-18-7-4-5-9-19(18)20/h4-13H,14-15H2,1-3H3,(H,24,26). The lowest BCUT2D eigenvalue weighted by atomic mass is 10.1. The minimum atomic E-state index is -0.256. The van der Waals surface area contributed by atoms with E-state index in [0.29, 0.717) is 5.75 Å². The van der Waals surface area contributed by atoms with Gasteiger partial charge in [0.2, 0.25) is 5.91 Å². The van der Waals surface area contributed by atoms with Crippen LogP contribution in [-0.4, -0.2) is 36.9 Å². The van der Waals surface area contributed by atoms with Crippen molar-refractivity contribution in [2.75, 3.05) is 25.5 Å². The quantitative estimate of drug-likeness (QED) is 0.709. The fraction of sp³-hybridized carbons (Fsp3) is 0.217. The first-order valence-electron chi connectivity index (χ1n) is 9.15. The molecule has 5 heteroatoms. The molecule has 3 rings (SSSR count). The van der Waals surface area contributed by atoms with Crippen LogP contribution in [0.1, 0.15) is 11.1 Å². The lowest BCUT2D eigenvalue weighted by Crippen LogP contribution is -2.37. The number of fused-ring (bicyclic) bond motifs is 1. The molecule has 0 atom stereocenters. The molecule has 0 aliphatic rings. The first-order valence-corrected chi connectivity index (χ1v) is 9.15. The van der Waals surface area contributed by atoms with E-state index < -0.39 is 0 Å². The summed E-state index contributed by atoms with van der Waals surface area (Å²) < 4.78 is 5.64. The summed E-state index contributed by atoms with van der Waals surface area (Å²) >= 11 is 0. The number of hydrogen-bond acceptors (Lipinski definition) is 3. The van der Waals surface area contributed by atoms with E-state index in [1.807, 2.05) is 74.5 Å². The number of nitrogens with zero attached hydrogens (tertiary/aromatic N) is 1. The van der Waals surface area contributed by atoms with Crippen LogP contribution in [0.25, 0.3) is 10.8 Å². The maximum absolute atomic E-state index is 12.4. The molecule has 1 N–H and O–H groups in total. The monoisotopic (exact) mass is 376 g/mol. The molecule has 0 aliphatic carbocycles. The second-order valence-electron chi connectivity index (χ2n) is 6.88. The third-order valence-corrected chi connectivity index (χ3v) is 4.57. The Bertz CT molecular complexity index is 1010. The zero-order valence-electron chi connectivity index (χ0n) is 16.4. The SMILES string of the molecule is Cc1ccc(C)c(OCC(=O)N(C)CC(=O)Nc2cccc3ccccc23)c1. The van der Waals surface area contributed by atoms with Crippen molar-refractivity contribution in [1.29, 1.82) is 0 Å². The lowest BCUT2D eigenvalue weighted by molar-refractivity contribution is -0.135. The molecule has 0 radical (unpaired) electrons. The number of anilines is 1. The van der Waals surface area contributed by atoms with Crippen molar-refractivity contribution in [1.82, 2.24) is 4.90 Å². The zero-order valence-corrected chi connectivity index (χ0v) is 16.4. The Morgan fingerprint density at radius 1 is 1.00 bits per heavy atom. The van der Waals surface area contributed by atoms with Crippen molar-refractivity contribution >= 4 is 28.3 Å². The average Bonchev–Trinajstić information content (AvgIpc) is 2.68. The van der Waals surface area contributed by atoms with E-state index >= 15 is 0 Å². The smallest absolute Gasteiger partial charge is 0.260 e. The molecule has 3 aromatic carbocycles. The van der Waals surface area contributed by atoms with E-state index in [4.69, 9.17) is 4.74 Å². The summed E-state index contributed by atoms with van der Waals surface area (Å²) in [5.74, 6) is 0.176. The first-order chi connectivity index (χ1) is 13.4. The molecular weight excluding hydrogens is 352 g/mol. The predicted molar refractivity (Wildman–Crippen MR) is 112 cm³/mol. The van der Waals surface area contributed by atoms with Gasteiger partial charge in [-0.3, -0.25) is 9.59 Å². The van der Waals surface area contributed by atoms with E-state index in [1.54, 1.807) is 7.05 Å². The molecule has 0 spiro atoms. The molecule has 0 heterocycles.